The van der Waals surface area contributed by atoms with Crippen molar-refractivity contribution in [3.8, 4) is 0 Å². The van der Waals surface area contributed by atoms with Crippen LogP contribution in [0.15, 0.2) is 34.3 Å². The number of rotatable bonds is 3. The van der Waals surface area contributed by atoms with Gasteiger partial charge in [0.25, 0.3) is 0 Å². The van der Waals surface area contributed by atoms with Crippen molar-refractivity contribution >= 4 is 52.4 Å². The van der Waals surface area contributed by atoms with E-state index in [2.05, 4.69) is 20.0 Å². The highest BCUT2D eigenvalue weighted by atomic mass is 35.5. The summed E-state index contributed by atoms with van der Waals surface area (Å²) in [6, 6.07) is 5.56. The van der Waals surface area contributed by atoms with Crippen LogP contribution in [-0.2, 0) is 4.74 Å². The monoisotopic (exact) mass is 465 g/mol. The molecule has 4 N–H and O–H groups in total. The van der Waals surface area contributed by atoms with Gasteiger partial charge in [0, 0.05) is 29.4 Å². The van der Waals surface area contributed by atoms with E-state index >= 15 is 0 Å². The maximum Gasteiger partial charge on any atom is 0.230 e. The van der Waals surface area contributed by atoms with Gasteiger partial charge < -0.3 is 21.1 Å². The van der Waals surface area contributed by atoms with E-state index < -0.39 is 0 Å². The van der Waals surface area contributed by atoms with Gasteiger partial charge in [-0.15, -0.1) is 0 Å². The lowest BCUT2D eigenvalue weighted by Crippen LogP contribution is -2.49. The van der Waals surface area contributed by atoms with Crippen molar-refractivity contribution in [1.29, 1.82) is 0 Å². The summed E-state index contributed by atoms with van der Waals surface area (Å²) in [5.74, 6) is 1.07. The van der Waals surface area contributed by atoms with E-state index in [0.717, 1.165) is 37.4 Å². The van der Waals surface area contributed by atoms with Crippen LogP contribution in [0.1, 0.15) is 12.8 Å². The lowest BCUT2D eigenvalue weighted by Gasteiger charge is -2.41. The number of halogens is 2. The lowest BCUT2D eigenvalue weighted by atomic mass is 9.75. The number of piperidine rings is 1. The zero-order valence-corrected chi connectivity index (χ0v) is 18.4. The Bertz CT molecular complexity index is 1100. The Morgan fingerprint density at radius 3 is 2.77 bits per heavy atom. The predicted octanol–water partition coefficient (Wildman–Crippen LogP) is 3.11. The standard InChI is InChI=1S/C19H21Cl2N7OS/c20-11-2-1-3-12(14(11)21)30-15-16(23)26-18(28-17(15)24-10-25-28)27-6-4-19(5-7-27)9-29-8-13(19)22/h1-3,10,13H,4-9,22-23H2. The van der Waals surface area contributed by atoms with E-state index in [4.69, 9.17) is 39.4 Å². The molecule has 8 nitrogen and oxygen atoms in total. The second kappa shape index (κ2) is 7.72. The van der Waals surface area contributed by atoms with Crippen molar-refractivity contribution < 1.29 is 4.74 Å². The maximum atomic E-state index is 6.37. The van der Waals surface area contributed by atoms with E-state index in [1.54, 1.807) is 10.6 Å². The van der Waals surface area contributed by atoms with E-state index in [1.807, 2.05) is 12.1 Å². The van der Waals surface area contributed by atoms with Gasteiger partial charge in [-0.1, -0.05) is 41.0 Å². The topological polar surface area (TPSA) is 108 Å². The molecule has 30 heavy (non-hydrogen) atoms. The minimum Gasteiger partial charge on any atom is -0.383 e. The number of nitrogens with zero attached hydrogens (tertiary/aromatic N) is 5. The minimum atomic E-state index is 0.0582. The number of hydrogen-bond acceptors (Lipinski definition) is 8. The number of ether oxygens (including phenoxy) is 1. The predicted molar refractivity (Wildman–Crippen MR) is 118 cm³/mol. The fourth-order valence-corrected chi connectivity index (χ4v) is 5.60. The van der Waals surface area contributed by atoms with Crippen molar-refractivity contribution in [3.63, 3.8) is 0 Å². The molecule has 0 aliphatic carbocycles. The molecular weight excluding hydrogens is 445 g/mol. The molecule has 1 aromatic carbocycles. The summed E-state index contributed by atoms with van der Waals surface area (Å²) < 4.78 is 7.36. The third-order valence-electron chi connectivity index (χ3n) is 6.04. The fraction of sp³-hybridized carbons (Fsp3) is 0.421. The first-order valence-corrected chi connectivity index (χ1v) is 11.3. The molecule has 0 radical (unpaired) electrons. The van der Waals surface area contributed by atoms with Crippen LogP contribution >= 0.6 is 35.0 Å². The normalized spacial score (nSPS) is 21.0. The van der Waals surface area contributed by atoms with Crippen LogP contribution in [0.5, 0.6) is 0 Å². The molecule has 4 heterocycles. The molecule has 3 aromatic rings. The molecule has 2 fully saturated rings. The fourth-order valence-electron chi connectivity index (χ4n) is 4.18. The van der Waals surface area contributed by atoms with Gasteiger partial charge >= 0.3 is 0 Å². The van der Waals surface area contributed by atoms with Crippen LogP contribution in [0, 0.1) is 5.41 Å². The van der Waals surface area contributed by atoms with Crippen molar-refractivity contribution in [2.45, 2.75) is 28.7 Å². The summed E-state index contributed by atoms with van der Waals surface area (Å²) in [6.07, 6.45) is 3.40. The van der Waals surface area contributed by atoms with Crippen LogP contribution in [-0.4, -0.2) is 51.9 Å². The van der Waals surface area contributed by atoms with Crippen LogP contribution in [0.25, 0.3) is 5.65 Å². The first kappa shape index (κ1) is 20.1. The highest BCUT2D eigenvalue weighted by molar-refractivity contribution is 7.99. The third kappa shape index (κ3) is 3.29. The highest BCUT2D eigenvalue weighted by Gasteiger charge is 2.44. The van der Waals surface area contributed by atoms with Gasteiger partial charge in [0.1, 0.15) is 12.1 Å². The summed E-state index contributed by atoms with van der Waals surface area (Å²) >= 11 is 13.9. The van der Waals surface area contributed by atoms with Crippen LogP contribution in [0.3, 0.4) is 0 Å². The molecule has 1 spiro atoms. The van der Waals surface area contributed by atoms with Gasteiger partial charge in [-0.2, -0.15) is 14.6 Å². The van der Waals surface area contributed by atoms with E-state index in [-0.39, 0.29) is 11.5 Å². The Hall–Kier alpha value is -1.78. The number of benzene rings is 1. The summed E-state index contributed by atoms with van der Waals surface area (Å²) in [5, 5.41) is 5.36. The SMILES string of the molecule is Nc1nc(N2CCC3(CC2)COCC3N)n2ncnc2c1Sc1cccc(Cl)c1Cl. The molecule has 11 heteroatoms. The van der Waals surface area contributed by atoms with Crippen molar-refractivity contribution in [2.24, 2.45) is 11.1 Å². The Labute approximate surface area is 187 Å². The summed E-state index contributed by atoms with van der Waals surface area (Å²) in [7, 11) is 0. The summed E-state index contributed by atoms with van der Waals surface area (Å²) in [4.78, 5) is 12.8. The van der Waals surface area contributed by atoms with Crippen LogP contribution < -0.4 is 16.4 Å². The smallest absolute Gasteiger partial charge is 0.230 e. The first-order chi connectivity index (χ1) is 14.5. The zero-order valence-electron chi connectivity index (χ0n) is 16.1. The Balaban J connectivity index is 1.47. The van der Waals surface area contributed by atoms with Gasteiger partial charge in [-0.3, -0.25) is 0 Å². The molecule has 0 bridgehead atoms. The van der Waals surface area contributed by atoms with Gasteiger partial charge in [0.05, 0.1) is 28.2 Å². The number of aromatic nitrogens is 4. The number of nitrogen functional groups attached to an aromatic ring is 1. The summed E-state index contributed by atoms with van der Waals surface area (Å²) in [6.45, 7) is 2.99. The quantitative estimate of drug-likeness (QED) is 0.607. The van der Waals surface area contributed by atoms with Crippen LogP contribution in [0.2, 0.25) is 10.0 Å². The van der Waals surface area contributed by atoms with Gasteiger partial charge in [-0.05, 0) is 25.0 Å². The van der Waals surface area contributed by atoms with E-state index in [1.165, 1.54) is 18.1 Å². The molecule has 2 aliphatic rings. The van der Waals surface area contributed by atoms with Crippen molar-refractivity contribution in [3.05, 3.63) is 34.6 Å². The summed E-state index contributed by atoms with van der Waals surface area (Å²) in [5.41, 5.74) is 13.4. The Morgan fingerprint density at radius 1 is 1.23 bits per heavy atom. The number of anilines is 2. The second-order valence-corrected chi connectivity index (χ2v) is 9.58. The number of nitrogens with two attached hydrogens (primary N) is 2. The van der Waals surface area contributed by atoms with Crippen LogP contribution in [0.4, 0.5) is 11.8 Å². The zero-order chi connectivity index (χ0) is 20.9. The lowest BCUT2D eigenvalue weighted by molar-refractivity contribution is 0.131. The molecule has 5 rings (SSSR count). The highest BCUT2D eigenvalue weighted by Crippen LogP contribution is 2.42. The Morgan fingerprint density at radius 2 is 2.03 bits per heavy atom. The third-order valence-corrected chi connectivity index (χ3v) is 8.12. The average Bonchev–Trinajstić information content (AvgIpc) is 3.36. The van der Waals surface area contributed by atoms with E-state index in [0.29, 0.717) is 39.0 Å². The maximum absolute atomic E-state index is 6.37. The molecule has 1 unspecified atom stereocenters. The Kier molecular flexibility index (Phi) is 5.19. The molecule has 0 amide bonds. The molecule has 1 atom stereocenters. The number of hydrogen-bond donors (Lipinski definition) is 2. The van der Waals surface area contributed by atoms with Crippen molar-refractivity contribution in [1.82, 2.24) is 19.6 Å². The first-order valence-electron chi connectivity index (χ1n) is 9.68. The molecule has 0 saturated carbocycles. The molecule has 2 aromatic heterocycles. The molecule has 158 valence electrons. The largest absolute Gasteiger partial charge is 0.383 e. The average molecular weight is 466 g/mol. The van der Waals surface area contributed by atoms with E-state index in [9.17, 15) is 0 Å². The van der Waals surface area contributed by atoms with Gasteiger partial charge in [-0.25, -0.2) is 4.98 Å². The number of fused-ring (bicyclic) bond motifs is 1. The van der Waals surface area contributed by atoms with Gasteiger partial charge in [0.15, 0.2) is 5.65 Å². The minimum absolute atomic E-state index is 0.0582. The molecule has 2 aliphatic heterocycles. The molecular formula is C19H21Cl2N7OS. The second-order valence-electron chi connectivity index (χ2n) is 7.75. The molecule has 2 saturated heterocycles. The van der Waals surface area contributed by atoms with Crippen molar-refractivity contribution in [2.75, 3.05) is 36.9 Å². The van der Waals surface area contributed by atoms with Gasteiger partial charge in [0.2, 0.25) is 5.95 Å².